The number of nitrogens with zero attached hydrogens (tertiary/aromatic N) is 3. The molecule has 1 aliphatic rings. The number of hydrogen-bond acceptors (Lipinski definition) is 3. The third-order valence-corrected chi connectivity index (χ3v) is 11.5. The van der Waals surface area contributed by atoms with Gasteiger partial charge in [-0.2, -0.15) is 0 Å². The van der Waals surface area contributed by atoms with Gasteiger partial charge >= 0.3 is 195 Å². The zero-order valence-electron chi connectivity index (χ0n) is 20.2. The molecule has 1 amide bonds. The van der Waals surface area contributed by atoms with Gasteiger partial charge in [0.2, 0.25) is 0 Å². The second-order valence-electron chi connectivity index (χ2n) is 9.83. The van der Waals surface area contributed by atoms with E-state index >= 15 is 0 Å². The number of imidazole rings is 1. The number of carbonyl (C=O) groups is 1. The molecule has 1 aromatic heterocycles. The van der Waals surface area contributed by atoms with Crippen LogP contribution in [0.3, 0.4) is 0 Å². The first-order valence-electron chi connectivity index (χ1n) is 12.0. The molecule has 170 valence electrons. The van der Waals surface area contributed by atoms with E-state index in [0.717, 1.165) is 18.9 Å². The molecule has 0 aromatic carbocycles. The van der Waals surface area contributed by atoms with Crippen molar-refractivity contribution in [2.75, 3.05) is 6.54 Å². The van der Waals surface area contributed by atoms with Crippen LogP contribution in [0.2, 0.25) is 3.43 Å². The molecule has 2 heterocycles. The Balaban J connectivity index is 2.16. The molecule has 1 aliphatic heterocycles. The normalized spacial score (nSPS) is 14.7. The molecule has 0 atom stereocenters. The SMILES string of the molecule is CCCC[C](CCCC)(CCCC)[Sn][c]1cnc2n1CCN(C(=O)OC(C)(C)C)C2. The molecule has 0 N–H and O–H groups in total. The molecule has 0 saturated carbocycles. The van der Waals surface area contributed by atoms with Gasteiger partial charge in [-0.05, 0) is 0 Å². The number of fused-ring (bicyclic) bond motifs is 1. The second-order valence-corrected chi connectivity index (χ2v) is 15.0. The van der Waals surface area contributed by atoms with Gasteiger partial charge in [-0.3, -0.25) is 0 Å². The quantitative estimate of drug-likeness (QED) is 0.350. The van der Waals surface area contributed by atoms with Gasteiger partial charge in [-0.15, -0.1) is 0 Å². The van der Waals surface area contributed by atoms with E-state index in [-0.39, 0.29) is 6.09 Å². The molecule has 0 bridgehead atoms. The third kappa shape index (κ3) is 7.45. The summed E-state index contributed by atoms with van der Waals surface area (Å²) < 4.78 is 10.1. The molecule has 1 aromatic rings. The molecular weight excluding hydrogens is 481 g/mol. The standard InChI is InChI=1S/C13H27.C11H16N3O2.Sn/c1-4-7-10-13(11-8-5-2)12-9-6-3;1-11(2,3)16-10(15)14-7-6-13-5-4-12-9(13)8-14;/h4-12H2,1-3H3;4H,6-8H2,1-3H3;. The summed E-state index contributed by atoms with van der Waals surface area (Å²) in [5.41, 5.74) is -0.457. The van der Waals surface area contributed by atoms with E-state index < -0.39 is 26.7 Å². The fourth-order valence-electron chi connectivity index (χ4n) is 4.22. The van der Waals surface area contributed by atoms with Crippen LogP contribution in [0, 0.1) is 0 Å². The first kappa shape index (κ1) is 25.5. The number of rotatable bonds is 11. The topological polar surface area (TPSA) is 47.4 Å². The summed E-state index contributed by atoms with van der Waals surface area (Å²) in [6.07, 6.45) is 14.0. The van der Waals surface area contributed by atoms with E-state index in [1.54, 1.807) is 4.90 Å². The number of ether oxygens (including phenoxy) is 1. The molecule has 0 unspecified atom stereocenters. The minimum atomic E-state index is -0.811. The minimum absolute atomic E-state index is 0.221. The van der Waals surface area contributed by atoms with Gasteiger partial charge in [0, 0.05) is 0 Å². The number of hydrogen-bond donors (Lipinski definition) is 0. The monoisotopic (exact) mass is 525 g/mol. The van der Waals surface area contributed by atoms with Crippen LogP contribution in [0.25, 0.3) is 0 Å². The van der Waals surface area contributed by atoms with Crippen molar-refractivity contribution >= 4 is 30.9 Å². The van der Waals surface area contributed by atoms with Crippen molar-refractivity contribution in [2.45, 2.75) is 121 Å². The number of amides is 1. The van der Waals surface area contributed by atoms with Crippen molar-refractivity contribution in [1.29, 1.82) is 0 Å². The predicted molar refractivity (Wildman–Crippen MR) is 126 cm³/mol. The van der Waals surface area contributed by atoms with E-state index in [1.165, 1.54) is 61.5 Å². The van der Waals surface area contributed by atoms with Gasteiger partial charge in [0.1, 0.15) is 0 Å². The van der Waals surface area contributed by atoms with E-state index in [2.05, 4.69) is 31.5 Å². The van der Waals surface area contributed by atoms with Crippen molar-refractivity contribution in [1.82, 2.24) is 14.5 Å². The molecule has 2 rings (SSSR count). The summed E-state index contributed by atoms with van der Waals surface area (Å²) in [6, 6.07) is 0. The van der Waals surface area contributed by atoms with Crippen LogP contribution >= 0.6 is 0 Å². The maximum absolute atomic E-state index is 12.5. The Morgan fingerprint density at radius 3 is 2.10 bits per heavy atom. The van der Waals surface area contributed by atoms with E-state index in [4.69, 9.17) is 9.72 Å². The second kappa shape index (κ2) is 11.8. The molecule has 0 spiro atoms. The molecular formula is C24H43N3O2Sn. The number of aromatic nitrogens is 2. The first-order chi connectivity index (χ1) is 14.2. The van der Waals surface area contributed by atoms with E-state index in [9.17, 15) is 4.79 Å². The predicted octanol–water partition coefficient (Wildman–Crippen LogP) is 5.69. The van der Waals surface area contributed by atoms with Gasteiger partial charge in [0.05, 0.1) is 0 Å². The summed E-state index contributed by atoms with van der Waals surface area (Å²) in [5, 5.41) is 0. The van der Waals surface area contributed by atoms with Crippen LogP contribution in [0.4, 0.5) is 4.79 Å². The Bertz CT molecular complexity index is 644. The van der Waals surface area contributed by atoms with Crippen LogP contribution in [0.1, 0.15) is 105 Å². The summed E-state index contributed by atoms with van der Waals surface area (Å²) in [6.45, 7) is 14.9. The van der Waals surface area contributed by atoms with Crippen molar-refractivity contribution in [3.63, 3.8) is 0 Å². The Kier molecular flexibility index (Phi) is 10.0. The number of unbranched alkanes of at least 4 members (excludes halogenated alkanes) is 3. The fraction of sp³-hybridized carbons (Fsp3) is 0.833. The third-order valence-electron chi connectivity index (χ3n) is 5.94. The van der Waals surface area contributed by atoms with Gasteiger partial charge in [-0.1, -0.05) is 0 Å². The first-order valence-corrected chi connectivity index (χ1v) is 14.9. The van der Waals surface area contributed by atoms with Gasteiger partial charge in [0.25, 0.3) is 0 Å². The van der Waals surface area contributed by atoms with Crippen LogP contribution in [-0.4, -0.2) is 53.8 Å². The van der Waals surface area contributed by atoms with E-state index in [0.29, 0.717) is 9.98 Å². The molecule has 30 heavy (non-hydrogen) atoms. The van der Waals surface area contributed by atoms with E-state index in [1.807, 2.05) is 20.8 Å². The summed E-state index contributed by atoms with van der Waals surface area (Å²) >= 11 is -0.811. The Labute approximate surface area is 194 Å². The zero-order valence-corrected chi connectivity index (χ0v) is 23.1. The molecule has 6 heteroatoms. The molecule has 0 saturated heterocycles. The van der Waals surface area contributed by atoms with Gasteiger partial charge in [-0.25, -0.2) is 0 Å². The average Bonchev–Trinajstić information content (AvgIpc) is 3.09. The molecule has 0 fully saturated rings. The molecule has 2 radical (unpaired) electrons. The van der Waals surface area contributed by atoms with Crippen LogP contribution < -0.4 is 3.71 Å². The molecule has 5 nitrogen and oxygen atoms in total. The van der Waals surface area contributed by atoms with Crippen molar-refractivity contribution in [3.8, 4) is 0 Å². The Hall–Kier alpha value is -0.721. The fourth-order valence-corrected chi connectivity index (χ4v) is 9.80. The van der Waals surface area contributed by atoms with Gasteiger partial charge < -0.3 is 0 Å². The van der Waals surface area contributed by atoms with Crippen LogP contribution in [-0.2, 0) is 17.8 Å². The number of carbonyl (C=O) groups excluding carboxylic acids is 1. The van der Waals surface area contributed by atoms with Gasteiger partial charge in [0.15, 0.2) is 0 Å². The van der Waals surface area contributed by atoms with Crippen LogP contribution in [0.15, 0.2) is 6.20 Å². The summed E-state index contributed by atoms with van der Waals surface area (Å²) in [4.78, 5) is 19.1. The average molecular weight is 524 g/mol. The zero-order chi connectivity index (χ0) is 22.2. The Morgan fingerprint density at radius 2 is 1.60 bits per heavy atom. The summed E-state index contributed by atoms with van der Waals surface area (Å²) in [7, 11) is 0. The molecule has 0 aliphatic carbocycles. The van der Waals surface area contributed by atoms with Crippen molar-refractivity contribution in [2.24, 2.45) is 0 Å². The maximum atomic E-state index is 12.5. The van der Waals surface area contributed by atoms with Crippen molar-refractivity contribution in [3.05, 3.63) is 12.0 Å². The van der Waals surface area contributed by atoms with Crippen LogP contribution in [0.5, 0.6) is 0 Å². The van der Waals surface area contributed by atoms with Crippen molar-refractivity contribution < 1.29 is 9.53 Å². The summed E-state index contributed by atoms with van der Waals surface area (Å²) in [5.74, 6) is 1.04. The Morgan fingerprint density at radius 1 is 1.03 bits per heavy atom.